The maximum absolute atomic E-state index is 10.2. The number of H-pyrrole nitrogens is 1. The second-order valence-electron chi connectivity index (χ2n) is 4.10. The van der Waals surface area contributed by atoms with Crippen LogP contribution in [0.4, 0.5) is 5.69 Å². The van der Waals surface area contributed by atoms with E-state index in [-0.39, 0.29) is 0 Å². The molecule has 0 spiro atoms. The van der Waals surface area contributed by atoms with Gasteiger partial charge < -0.3 is 15.8 Å². The van der Waals surface area contributed by atoms with Gasteiger partial charge in [-0.05, 0) is 24.1 Å². The third kappa shape index (κ3) is 2.65. The highest BCUT2D eigenvalue weighted by atomic mass is 16.3. The second kappa shape index (κ2) is 5.01. The van der Waals surface area contributed by atoms with Crippen molar-refractivity contribution in [1.29, 1.82) is 0 Å². The summed E-state index contributed by atoms with van der Waals surface area (Å²) in [6.07, 6.45) is 2.94. The van der Waals surface area contributed by atoms with E-state index in [1.165, 1.54) is 0 Å². The van der Waals surface area contributed by atoms with Crippen LogP contribution in [-0.4, -0.2) is 15.1 Å². The van der Waals surface area contributed by atoms with Crippen LogP contribution in [0.25, 0.3) is 0 Å². The van der Waals surface area contributed by atoms with Crippen molar-refractivity contribution < 1.29 is 5.11 Å². The van der Waals surface area contributed by atoms with E-state index in [9.17, 15) is 5.11 Å². The number of nitrogens with one attached hydrogen (secondary N) is 1. The number of aliphatic hydroxyl groups is 1. The molecule has 2 aromatic rings. The Labute approximate surface area is 101 Å². The second-order valence-corrected chi connectivity index (χ2v) is 4.10. The van der Waals surface area contributed by atoms with Gasteiger partial charge in [-0.1, -0.05) is 19.1 Å². The average Bonchev–Trinajstić information content (AvgIpc) is 2.78. The Morgan fingerprint density at radius 3 is 2.71 bits per heavy atom. The number of aliphatic hydroxyl groups excluding tert-OH is 1. The van der Waals surface area contributed by atoms with Crippen molar-refractivity contribution in [2.75, 3.05) is 5.73 Å². The molecule has 0 aliphatic heterocycles. The number of anilines is 1. The van der Waals surface area contributed by atoms with Gasteiger partial charge in [0.05, 0.1) is 11.9 Å². The number of imidazole rings is 1. The number of nitrogens with two attached hydrogens (primary N) is 1. The first kappa shape index (κ1) is 11.7. The summed E-state index contributed by atoms with van der Waals surface area (Å²) in [4.78, 5) is 7.36. The third-order valence-electron chi connectivity index (χ3n) is 2.68. The van der Waals surface area contributed by atoms with Crippen LogP contribution in [-0.2, 0) is 6.42 Å². The molecule has 0 radical (unpaired) electrons. The smallest absolute Gasteiger partial charge is 0.120 e. The van der Waals surface area contributed by atoms with Crippen LogP contribution >= 0.6 is 0 Å². The van der Waals surface area contributed by atoms with Crippen molar-refractivity contribution in [3.63, 3.8) is 0 Å². The van der Waals surface area contributed by atoms with Crippen molar-refractivity contribution in [3.8, 4) is 0 Å². The number of rotatable bonds is 4. The summed E-state index contributed by atoms with van der Waals surface area (Å²) in [5, 5.41) is 10.2. The first-order valence-electron chi connectivity index (χ1n) is 5.78. The Kier molecular flexibility index (Phi) is 3.44. The standard InChI is InChI=1S/C13H17N3O/c1-2-3-12-15-8-11(16-12)13(17)9-4-6-10(14)7-5-9/h4-8,13,17H,2-3,14H2,1H3,(H,15,16). The monoisotopic (exact) mass is 231 g/mol. The van der Waals surface area contributed by atoms with Gasteiger partial charge in [0.2, 0.25) is 0 Å². The fourth-order valence-corrected chi connectivity index (χ4v) is 1.74. The van der Waals surface area contributed by atoms with Gasteiger partial charge in [0.15, 0.2) is 0 Å². The van der Waals surface area contributed by atoms with E-state index < -0.39 is 6.10 Å². The SMILES string of the molecule is CCCc1ncc(C(O)c2ccc(N)cc2)[nH]1. The molecule has 2 rings (SSSR count). The summed E-state index contributed by atoms with van der Waals surface area (Å²) in [7, 11) is 0. The minimum atomic E-state index is -0.672. The molecule has 0 saturated heterocycles. The maximum Gasteiger partial charge on any atom is 0.120 e. The number of hydrogen-bond donors (Lipinski definition) is 3. The highest BCUT2D eigenvalue weighted by molar-refractivity contribution is 5.41. The maximum atomic E-state index is 10.2. The summed E-state index contributed by atoms with van der Waals surface area (Å²) in [6.45, 7) is 2.10. The molecule has 90 valence electrons. The lowest BCUT2D eigenvalue weighted by atomic mass is 10.1. The van der Waals surface area contributed by atoms with Gasteiger partial charge >= 0.3 is 0 Å². The Bertz CT molecular complexity index is 476. The molecule has 0 saturated carbocycles. The van der Waals surface area contributed by atoms with Crippen molar-refractivity contribution in [2.24, 2.45) is 0 Å². The molecule has 0 fully saturated rings. The van der Waals surface area contributed by atoms with Gasteiger partial charge in [-0.15, -0.1) is 0 Å². The summed E-state index contributed by atoms with van der Waals surface area (Å²) in [6, 6.07) is 7.20. The predicted octanol–water partition coefficient (Wildman–Crippen LogP) is 2.03. The zero-order valence-electron chi connectivity index (χ0n) is 9.85. The lowest BCUT2D eigenvalue weighted by Crippen LogP contribution is -2.00. The van der Waals surface area contributed by atoms with E-state index in [1.807, 2.05) is 12.1 Å². The molecule has 4 nitrogen and oxygen atoms in total. The molecule has 4 N–H and O–H groups in total. The number of benzene rings is 1. The fraction of sp³-hybridized carbons (Fsp3) is 0.308. The van der Waals surface area contributed by atoms with Crippen LogP contribution in [0.2, 0.25) is 0 Å². The Morgan fingerprint density at radius 1 is 1.35 bits per heavy atom. The minimum absolute atomic E-state index is 0.672. The molecule has 17 heavy (non-hydrogen) atoms. The Morgan fingerprint density at radius 2 is 2.06 bits per heavy atom. The van der Waals surface area contributed by atoms with Crippen LogP contribution in [0.3, 0.4) is 0 Å². The van der Waals surface area contributed by atoms with Gasteiger partial charge in [-0.3, -0.25) is 0 Å². The van der Waals surface area contributed by atoms with Crippen molar-refractivity contribution in [2.45, 2.75) is 25.9 Å². The van der Waals surface area contributed by atoms with Crippen LogP contribution in [0.5, 0.6) is 0 Å². The number of aromatic nitrogens is 2. The molecule has 1 unspecified atom stereocenters. The fourth-order valence-electron chi connectivity index (χ4n) is 1.74. The molecule has 1 heterocycles. The van der Waals surface area contributed by atoms with Crippen LogP contribution in [0.15, 0.2) is 30.5 Å². The lowest BCUT2D eigenvalue weighted by molar-refractivity contribution is 0.216. The molecule has 0 aliphatic carbocycles. The first-order chi connectivity index (χ1) is 8.20. The van der Waals surface area contributed by atoms with Gasteiger partial charge in [0.25, 0.3) is 0 Å². The largest absolute Gasteiger partial charge is 0.399 e. The Balaban J connectivity index is 2.18. The average molecular weight is 231 g/mol. The highest BCUT2D eigenvalue weighted by Crippen LogP contribution is 2.21. The lowest BCUT2D eigenvalue weighted by Gasteiger charge is -2.08. The van der Waals surface area contributed by atoms with Gasteiger partial charge in [-0.2, -0.15) is 0 Å². The third-order valence-corrected chi connectivity index (χ3v) is 2.68. The number of nitrogens with zero attached hydrogens (tertiary/aromatic N) is 1. The zero-order chi connectivity index (χ0) is 12.3. The zero-order valence-corrected chi connectivity index (χ0v) is 9.85. The van der Waals surface area contributed by atoms with E-state index in [0.717, 1.165) is 29.9 Å². The summed E-state index contributed by atoms with van der Waals surface area (Å²) in [5.74, 6) is 0.914. The molecule has 1 aromatic heterocycles. The Hall–Kier alpha value is -1.81. The van der Waals surface area contributed by atoms with Crippen molar-refractivity contribution in [1.82, 2.24) is 9.97 Å². The molecule has 0 amide bonds. The van der Waals surface area contributed by atoms with Crippen molar-refractivity contribution >= 4 is 5.69 Å². The summed E-state index contributed by atoms with van der Waals surface area (Å²) < 4.78 is 0. The predicted molar refractivity (Wildman–Crippen MR) is 67.5 cm³/mol. The molecule has 0 aliphatic rings. The van der Waals surface area contributed by atoms with Crippen LogP contribution in [0.1, 0.15) is 36.5 Å². The van der Waals surface area contributed by atoms with E-state index >= 15 is 0 Å². The molecule has 0 bridgehead atoms. The molecule has 4 heteroatoms. The van der Waals surface area contributed by atoms with E-state index in [2.05, 4.69) is 16.9 Å². The molecule has 1 atom stereocenters. The number of nitrogen functional groups attached to an aromatic ring is 1. The summed E-state index contributed by atoms with van der Waals surface area (Å²) >= 11 is 0. The molecule has 1 aromatic carbocycles. The minimum Gasteiger partial charge on any atom is -0.399 e. The van der Waals surface area contributed by atoms with Crippen LogP contribution < -0.4 is 5.73 Å². The van der Waals surface area contributed by atoms with E-state index in [4.69, 9.17) is 5.73 Å². The van der Waals surface area contributed by atoms with Gasteiger partial charge in [0, 0.05) is 12.1 Å². The van der Waals surface area contributed by atoms with Gasteiger partial charge in [-0.25, -0.2) is 4.98 Å². The van der Waals surface area contributed by atoms with Crippen LogP contribution in [0, 0.1) is 0 Å². The molecular formula is C13H17N3O. The first-order valence-corrected chi connectivity index (χ1v) is 5.78. The normalized spacial score (nSPS) is 12.6. The topological polar surface area (TPSA) is 74.9 Å². The van der Waals surface area contributed by atoms with Gasteiger partial charge in [0.1, 0.15) is 11.9 Å². The quantitative estimate of drug-likeness (QED) is 0.705. The molecular weight excluding hydrogens is 214 g/mol. The number of aryl methyl sites for hydroxylation is 1. The number of hydrogen-bond acceptors (Lipinski definition) is 3. The summed E-state index contributed by atoms with van der Waals surface area (Å²) in [5.41, 5.74) is 7.83. The highest BCUT2D eigenvalue weighted by Gasteiger charge is 2.12. The van der Waals surface area contributed by atoms with E-state index in [0.29, 0.717) is 5.69 Å². The van der Waals surface area contributed by atoms with Crippen molar-refractivity contribution in [3.05, 3.63) is 47.5 Å². The number of aromatic amines is 1. The van der Waals surface area contributed by atoms with E-state index in [1.54, 1.807) is 18.3 Å².